The van der Waals surface area contributed by atoms with E-state index >= 15 is 0 Å². The highest BCUT2D eigenvalue weighted by Gasteiger charge is 2.31. The van der Waals surface area contributed by atoms with Crippen LogP contribution in [0.15, 0.2) is 29.2 Å². The van der Waals surface area contributed by atoms with Gasteiger partial charge in [0.25, 0.3) is 0 Å². The van der Waals surface area contributed by atoms with Crippen LogP contribution in [0.3, 0.4) is 0 Å². The Kier molecular flexibility index (Phi) is 5.65. The van der Waals surface area contributed by atoms with Crippen molar-refractivity contribution >= 4 is 34.0 Å². The van der Waals surface area contributed by atoms with E-state index in [2.05, 4.69) is 0 Å². The number of nitrogens with two attached hydrogens (primary N) is 1. The van der Waals surface area contributed by atoms with E-state index in [1.54, 1.807) is 12.1 Å². The van der Waals surface area contributed by atoms with Gasteiger partial charge in [-0.25, -0.2) is 8.42 Å². The highest BCUT2D eigenvalue weighted by Crippen LogP contribution is 2.23. The third-order valence-electron chi connectivity index (χ3n) is 3.39. The molecular formula is C12H18Cl2N2O2S. The van der Waals surface area contributed by atoms with Gasteiger partial charge in [-0.3, -0.25) is 0 Å². The second-order valence-electron chi connectivity index (χ2n) is 4.75. The standard InChI is InChI=1S/C12H17ClN2O2S.ClH/c1-9-8-15(7-6-12(9)14)18(16,17)11-4-2-10(13)3-5-11;/h2-5,9,12H,6-8,14H2,1H3;1H. The molecule has 0 radical (unpaired) electrons. The van der Waals surface area contributed by atoms with Crippen molar-refractivity contribution in [3.05, 3.63) is 29.3 Å². The minimum absolute atomic E-state index is 0. The number of piperidine rings is 1. The van der Waals surface area contributed by atoms with Crippen LogP contribution in [0, 0.1) is 5.92 Å². The SMILES string of the molecule is CC1CN(S(=O)(=O)c2ccc(Cl)cc2)CCC1N.Cl. The summed E-state index contributed by atoms with van der Waals surface area (Å²) in [5, 5.41) is 0.531. The van der Waals surface area contributed by atoms with Gasteiger partial charge in [-0.2, -0.15) is 4.31 Å². The van der Waals surface area contributed by atoms with Gasteiger partial charge in [-0.15, -0.1) is 12.4 Å². The molecule has 1 fully saturated rings. The van der Waals surface area contributed by atoms with Crippen LogP contribution in [0.1, 0.15) is 13.3 Å². The summed E-state index contributed by atoms with van der Waals surface area (Å²) in [5.74, 6) is 0.181. The quantitative estimate of drug-likeness (QED) is 0.906. The van der Waals surface area contributed by atoms with Crippen LogP contribution in [0.5, 0.6) is 0 Å². The first-order chi connectivity index (χ1) is 8.41. The van der Waals surface area contributed by atoms with Crippen LogP contribution in [0.25, 0.3) is 0 Å². The Morgan fingerprint density at radius 3 is 2.42 bits per heavy atom. The molecule has 1 aliphatic rings. The third-order valence-corrected chi connectivity index (χ3v) is 5.52. The molecule has 0 aromatic heterocycles. The predicted molar refractivity (Wildman–Crippen MR) is 79.2 cm³/mol. The van der Waals surface area contributed by atoms with Crippen LogP contribution in [-0.2, 0) is 10.0 Å². The minimum atomic E-state index is -3.42. The summed E-state index contributed by atoms with van der Waals surface area (Å²) in [6.45, 7) is 2.94. The molecule has 108 valence electrons. The molecule has 2 atom stereocenters. The van der Waals surface area contributed by atoms with Gasteiger partial charge < -0.3 is 5.73 Å². The number of benzene rings is 1. The Morgan fingerprint density at radius 1 is 1.32 bits per heavy atom. The molecule has 0 aliphatic carbocycles. The Hall–Kier alpha value is -0.330. The number of nitrogens with zero attached hydrogens (tertiary/aromatic N) is 1. The summed E-state index contributed by atoms with van der Waals surface area (Å²) < 4.78 is 26.3. The molecule has 7 heteroatoms. The van der Waals surface area contributed by atoms with E-state index in [0.717, 1.165) is 0 Å². The van der Waals surface area contributed by atoms with E-state index < -0.39 is 10.0 Å². The van der Waals surface area contributed by atoms with Crippen molar-refractivity contribution in [1.29, 1.82) is 0 Å². The van der Waals surface area contributed by atoms with E-state index in [1.165, 1.54) is 16.4 Å². The zero-order valence-corrected chi connectivity index (χ0v) is 13.0. The zero-order valence-electron chi connectivity index (χ0n) is 10.6. The van der Waals surface area contributed by atoms with Gasteiger partial charge in [0.15, 0.2) is 0 Å². The van der Waals surface area contributed by atoms with Gasteiger partial charge in [0.1, 0.15) is 0 Å². The number of rotatable bonds is 2. The van der Waals surface area contributed by atoms with Crippen LogP contribution in [0.4, 0.5) is 0 Å². The van der Waals surface area contributed by atoms with Crippen molar-refractivity contribution in [1.82, 2.24) is 4.31 Å². The largest absolute Gasteiger partial charge is 0.327 e. The molecule has 2 N–H and O–H groups in total. The molecule has 1 saturated heterocycles. The molecular weight excluding hydrogens is 307 g/mol. The van der Waals surface area contributed by atoms with E-state index in [-0.39, 0.29) is 29.3 Å². The molecule has 1 aromatic carbocycles. The summed E-state index contributed by atoms with van der Waals surface area (Å²) in [5.41, 5.74) is 5.90. The smallest absolute Gasteiger partial charge is 0.243 e. The lowest BCUT2D eigenvalue weighted by Crippen LogP contribution is -2.48. The molecule has 1 aliphatic heterocycles. The highest BCUT2D eigenvalue weighted by molar-refractivity contribution is 7.89. The fourth-order valence-corrected chi connectivity index (χ4v) is 3.78. The van der Waals surface area contributed by atoms with Crippen molar-refractivity contribution in [3.8, 4) is 0 Å². The van der Waals surface area contributed by atoms with E-state index in [4.69, 9.17) is 17.3 Å². The molecule has 2 rings (SSSR count). The molecule has 0 saturated carbocycles. The molecule has 19 heavy (non-hydrogen) atoms. The van der Waals surface area contributed by atoms with E-state index in [1.807, 2.05) is 6.92 Å². The first-order valence-corrected chi connectivity index (χ1v) is 7.74. The van der Waals surface area contributed by atoms with Crippen molar-refractivity contribution in [3.63, 3.8) is 0 Å². The van der Waals surface area contributed by atoms with Crippen LogP contribution in [0.2, 0.25) is 5.02 Å². The normalized spacial score (nSPS) is 24.8. The summed E-state index contributed by atoms with van der Waals surface area (Å²) in [7, 11) is -3.42. The maximum atomic E-state index is 12.4. The van der Waals surface area contributed by atoms with E-state index in [9.17, 15) is 8.42 Å². The Labute approximate surface area is 125 Å². The molecule has 4 nitrogen and oxygen atoms in total. The third kappa shape index (κ3) is 3.61. The Morgan fingerprint density at radius 2 is 1.89 bits per heavy atom. The van der Waals surface area contributed by atoms with Gasteiger partial charge in [0, 0.05) is 24.2 Å². The Balaban J connectivity index is 0.00000180. The number of sulfonamides is 1. The minimum Gasteiger partial charge on any atom is -0.327 e. The maximum Gasteiger partial charge on any atom is 0.243 e. The first kappa shape index (κ1) is 16.7. The summed E-state index contributed by atoms with van der Waals surface area (Å²) in [6.07, 6.45) is 0.702. The van der Waals surface area contributed by atoms with Gasteiger partial charge in [0.05, 0.1) is 4.90 Å². The molecule has 0 bridgehead atoms. The number of hydrogen-bond donors (Lipinski definition) is 1. The van der Waals surface area contributed by atoms with Crippen molar-refractivity contribution in [2.75, 3.05) is 13.1 Å². The topological polar surface area (TPSA) is 63.4 Å². The van der Waals surface area contributed by atoms with E-state index in [0.29, 0.717) is 24.5 Å². The number of hydrogen-bond acceptors (Lipinski definition) is 3. The average molecular weight is 325 g/mol. The van der Waals surface area contributed by atoms with Crippen molar-refractivity contribution in [2.45, 2.75) is 24.3 Å². The van der Waals surface area contributed by atoms with Crippen molar-refractivity contribution < 1.29 is 8.42 Å². The lowest BCUT2D eigenvalue weighted by molar-refractivity contribution is 0.250. The first-order valence-electron chi connectivity index (χ1n) is 5.92. The van der Waals surface area contributed by atoms with Crippen LogP contribution >= 0.6 is 24.0 Å². The number of halogens is 2. The van der Waals surface area contributed by atoms with Gasteiger partial charge >= 0.3 is 0 Å². The second-order valence-corrected chi connectivity index (χ2v) is 7.12. The van der Waals surface area contributed by atoms with Crippen LogP contribution in [-0.4, -0.2) is 31.9 Å². The average Bonchev–Trinajstić information content (AvgIpc) is 2.33. The fraction of sp³-hybridized carbons (Fsp3) is 0.500. The molecule has 0 amide bonds. The predicted octanol–water partition coefficient (Wildman–Crippen LogP) is 2.12. The maximum absolute atomic E-state index is 12.4. The fourth-order valence-electron chi connectivity index (χ4n) is 2.10. The molecule has 1 heterocycles. The van der Waals surface area contributed by atoms with Gasteiger partial charge in [-0.05, 0) is 36.6 Å². The summed E-state index contributed by atoms with van der Waals surface area (Å²) >= 11 is 5.76. The Bertz CT molecular complexity index is 519. The highest BCUT2D eigenvalue weighted by atomic mass is 35.5. The lowest BCUT2D eigenvalue weighted by atomic mass is 9.96. The summed E-state index contributed by atoms with van der Waals surface area (Å²) in [6, 6.07) is 6.34. The second kappa shape index (κ2) is 6.41. The van der Waals surface area contributed by atoms with Gasteiger partial charge in [-0.1, -0.05) is 18.5 Å². The van der Waals surface area contributed by atoms with Crippen molar-refractivity contribution in [2.24, 2.45) is 11.7 Å². The van der Waals surface area contributed by atoms with Crippen LogP contribution < -0.4 is 5.73 Å². The monoisotopic (exact) mass is 324 g/mol. The summed E-state index contributed by atoms with van der Waals surface area (Å²) in [4.78, 5) is 0.287. The molecule has 0 spiro atoms. The molecule has 2 unspecified atom stereocenters. The molecule has 1 aromatic rings. The van der Waals surface area contributed by atoms with Gasteiger partial charge in [0.2, 0.25) is 10.0 Å². The lowest BCUT2D eigenvalue weighted by Gasteiger charge is -2.34. The zero-order chi connectivity index (χ0) is 13.3.